The summed E-state index contributed by atoms with van der Waals surface area (Å²) >= 11 is 5.14. The molecule has 8 atom stereocenters. The largest absolute Gasteiger partial charge is 0.389 e. The first kappa shape index (κ1) is 84.7. The van der Waals surface area contributed by atoms with Crippen molar-refractivity contribution in [2.75, 3.05) is 73.6 Å². The minimum absolute atomic E-state index is 0.00990. The smallest absolute Gasteiger partial charge is 0.234 e. The average Bonchev–Trinajstić information content (AvgIpc) is 1.68. The standard InChI is InChI=1S/C22H26N6O2S.C21H22N6O2S.C20H21FN6OS.C20H22N6O2S/c1-5-6-17(29)28-11-13(2)9-14(12-28)25-18-15-7-8-23-19(15)24-10-16(18)20-26-27-21(31-20)22(3,4)30;1-4-5-17(29)27-10-12(2)8-14(11-27)24-18-15-6-7-22-19(15)23-9-16(18)21-26-25-20(30-21)13(3)28;1-3-4-17(28)27-10-12(2)7-13(11-27)24-18-14-5-6-22-19(14)23-9-15(18)20-26-25-16(8-21)29-20;1-3-4-17(28)26-9-12(2)7-13(10-26)23-18-14-5-6-21-19(14)22-8-15(18)20-25-24-16(11-27)29-20/h1,7-8,10,13-14,30H,6,9,11-12H2,2-4H3,(H2,23,24,25);1,6-7,9,12,14H,5,8,10-11H2,2-3H3,(H2,22,23,24);1,5-6,9,12-13H,4,7-8,10-11H2,2H3,(H2,22,23,24);1,5-6,8,12-13,27H,4,7,9-11H2,2H3,(H2,21,22,23)/t13-,14+;12-,14+;2*12-,13+/m0000/s1. The van der Waals surface area contributed by atoms with Crippen LogP contribution in [0.5, 0.6) is 0 Å². The Labute approximate surface area is 701 Å². The molecule has 16 rings (SSSR count). The molecule has 119 heavy (non-hydrogen) atoms. The van der Waals surface area contributed by atoms with Crippen LogP contribution in [0.4, 0.5) is 27.1 Å². The highest BCUT2D eigenvalue weighted by Crippen LogP contribution is 2.42. The number of H-pyrrole nitrogens is 4. The van der Waals surface area contributed by atoms with Crippen molar-refractivity contribution in [2.24, 2.45) is 23.7 Å². The number of anilines is 4. The Hall–Kier alpha value is -12.2. The van der Waals surface area contributed by atoms with Crippen LogP contribution in [-0.2, 0) is 38.1 Å². The van der Waals surface area contributed by atoms with Gasteiger partial charge in [-0.3, -0.25) is 24.0 Å². The van der Waals surface area contributed by atoms with Crippen LogP contribution < -0.4 is 21.3 Å². The molecule has 31 nitrogen and oxygen atoms in total. The van der Waals surface area contributed by atoms with E-state index in [-0.39, 0.29) is 85.9 Å². The Morgan fingerprint density at radius 1 is 0.454 bits per heavy atom. The summed E-state index contributed by atoms with van der Waals surface area (Å²) in [5.41, 5.74) is 8.71. The average molecular weight is 1680 g/mol. The van der Waals surface area contributed by atoms with Gasteiger partial charge < -0.3 is 71.0 Å². The molecular weight excluding hydrogens is 1590 g/mol. The van der Waals surface area contributed by atoms with Crippen molar-refractivity contribution >= 4 is 142 Å². The van der Waals surface area contributed by atoms with Crippen LogP contribution in [0.25, 0.3) is 86.4 Å². The maximum atomic E-state index is 13.0. The number of hydrogen-bond donors (Lipinski definition) is 10. The first-order valence-electron chi connectivity index (χ1n) is 38.9. The molecule has 0 saturated carbocycles. The number of likely N-dealkylation sites (tertiary alicyclic amines) is 4. The number of aromatic amines is 4. The predicted octanol–water partition coefficient (Wildman–Crippen LogP) is 11.4. The van der Waals surface area contributed by atoms with E-state index < -0.39 is 12.3 Å². The molecule has 616 valence electrons. The SMILES string of the molecule is C#CCC(=O)N1C[C@@H](C)C[C@@H](Nc2c(-c3nnc(C(C)(C)O)s3)cnc3[nH]ccc23)C1.C#CCC(=O)N1C[C@@H](C)C[C@@H](Nc2c(-c3nnc(C(C)=O)s3)cnc3[nH]ccc23)C1.C#CCC(=O)N1C[C@@H](C)C[C@@H](Nc2c(-c3nnc(CF)s3)cnc3[nH]ccc23)C1.C#CCC(=O)N1C[C@@H](C)C[C@@H](Nc2c(-c3nnc(CO)s3)cnc3[nH]ccc23)C1. The van der Waals surface area contributed by atoms with Crippen molar-refractivity contribution in [3.05, 3.63) is 93.9 Å². The quantitative estimate of drug-likeness (QED) is 0.0250. The van der Waals surface area contributed by atoms with E-state index in [4.69, 9.17) is 25.7 Å². The van der Waals surface area contributed by atoms with Crippen LogP contribution >= 0.6 is 45.3 Å². The summed E-state index contributed by atoms with van der Waals surface area (Å²) in [6.07, 6.45) is 39.8. The molecule has 16 heterocycles. The number of piperidine rings is 4. The number of pyridine rings is 4. The monoisotopic (exact) mass is 1680 g/mol. The summed E-state index contributed by atoms with van der Waals surface area (Å²) in [6, 6.07) is 8.07. The zero-order valence-electron chi connectivity index (χ0n) is 66.7. The number of rotatable bonds is 20. The molecule has 4 amide bonds. The fraction of sp³-hybridized carbons (Fsp3) is 0.410. The number of Topliss-reactive ketones (excluding diaryl/α,β-unsaturated/α-hetero) is 1. The summed E-state index contributed by atoms with van der Waals surface area (Å²) in [6.45, 7) is 17.8. The number of aliphatic hydroxyl groups is 2. The molecule has 0 bridgehead atoms. The highest BCUT2D eigenvalue weighted by atomic mass is 32.1. The molecule has 0 aliphatic carbocycles. The molecule has 0 unspecified atom stereocenters. The van der Waals surface area contributed by atoms with Gasteiger partial charge in [-0.2, -0.15) is 0 Å². The van der Waals surface area contributed by atoms with Gasteiger partial charge in [0, 0.05) is 155 Å². The van der Waals surface area contributed by atoms with Gasteiger partial charge in [0.1, 0.15) is 49.9 Å². The van der Waals surface area contributed by atoms with Gasteiger partial charge in [0.05, 0.1) is 77.3 Å². The molecule has 36 heteroatoms. The lowest BCUT2D eigenvalue weighted by Crippen LogP contribution is -2.48. The summed E-state index contributed by atoms with van der Waals surface area (Å²) in [7, 11) is 0. The molecule has 0 aromatic carbocycles. The van der Waals surface area contributed by atoms with E-state index in [1.54, 1.807) is 38.6 Å². The van der Waals surface area contributed by atoms with E-state index in [9.17, 15) is 38.6 Å². The minimum Gasteiger partial charge on any atom is -0.389 e. The van der Waals surface area contributed by atoms with Crippen molar-refractivity contribution in [3.8, 4) is 91.7 Å². The first-order chi connectivity index (χ1) is 57.4. The number of nitrogens with zero attached hydrogens (tertiary/aromatic N) is 16. The van der Waals surface area contributed by atoms with E-state index in [1.165, 1.54) is 52.3 Å². The summed E-state index contributed by atoms with van der Waals surface area (Å²) < 4.78 is 13.0. The lowest BCUT2D eigenvalue weighted by molar-refractivity contribution is -0.132. The fourth-order valence-corrected chi connectivity index (χ4v) is 18.5. The molecule has 4 aliphatic rings. The molecule has 12 aromatic heterocycles. The third kappa shape index (κ3) is 20.2. The Morgan fingerprint density at radius 2 is 0.748 bits per heavy atom. The molecule has 0 spiro atoms. The zero-order valence-corrected chi connectivity index (χ0v) is 70.0. The Kier molecular flexibility index (Phi) is 27.1. The molecule has 4 fully saturated rings. The molecule has 12 aromatic rings. The van der Waals surface area contributed by atoms with Crippen LogP contribution in [0, 0.1) is 73.0 Å². The Balaban J connectivity index is 0.000000137. The molecular formula is C83H91FN24O7S4. The third-order valence-electron chi connectivity index (χ3n) is 20.6. The van der Waals surface area contributed by atoms with E-state index in [0.717, 1.165) is 121 Å². The Bertz CT molecular complexity index is 5660. The normalized spacial score (nSPS) is 19.2. The number of halogens is 1. The van der Waals surface area contributed by atoms with Gasteiger partial charge in [-0.05, 0) is 87.5 Å². The molecule has 10 N–H and O–H groups in total. The van der Waals surface area contributed by atoms with Crippen LogP contribution in [0.3, 0.4) is 0 Å². The lowest BCUT2D eigenvalue weighted by atomic mass is 9.95. The van der Waals surface area contributed by atoms with Gasteiger partial charge >= 0.3 is 0 Å². The minimum atomic E-state index is -1.06. The maximum absolute atomic E-state index is 13.0. The van der Waals surface area contributed by atoms with Crippen molar-refractivity contribution in [2.45, 2.75) is 143 Å². The van der Waals surface area contributed by atoms with Crippen LogP contribution in [-0.4, -0.2) is 216 Å². The van der Waals surface area contributed by atoms with Crippen molar-refractivity contribution in [1.82, 2.24) is 100 Å². The summed E-state index contributed by atoms with van der Waals surface area (Å²) in [5, 5.41) is 75.2. The number of carbonyl (C=O) groups is 5. The number of fused-ring (bicyclic) bond motifs is 4. The van der Waals surface area contributed by atoms with Gasteiger partial charge in [0.2, 0.25) is 23.6 Å². The molecule has 0 radical (unpaired) electrons. The van der Waals surface area contributed by atoms with Crippen LogP contribution in [0.1, 0.15) is 125 Å². The second-order valence-corrected chi connectivity index (χ2v) is 34.9. The second-order valence-electron chi connectivity index (χ2n) is 30.8. The molecule has 4 aliphatic heterocycles. The number of amides is 4. The van der Waals surface area contributed by atoms with Gasteiger partial charge in [0.25, 0.3) is 0 Å². The van der Waals surface area contributed by atoms with Gasteiger partial charge in [-0.15, -0.1) is 66.5 Å². The van der Waals surface area contributed by atoms with E-state index >= 15 is 0 Å². The highest BCUT2D eigenvalue weighted by molar-refractivity contribution is 7.16. The van der Waals surface area contributed by atoms with Gasteiger partial charge in [-0.1, -0.05) is 96.7 Å². The van der Waals surface area contributed by atoms with E-state index in [1.807, 2.05) is 68.7 Å². The van der Waals surface area contributed by atoms with Gasteiger partial charge in [-0.25, -0.2) is 24.3 Å². The van der Waals surface area contributed by atoms with Crippen LogP contribution in [0.15, 0.2) is 73.8 Å². The van der Waals surface area contributed by atoms with E-state index in [2.05, 4.69) is 153 Å². The topological polar surface area (TPSA) is 405 Å². The first-order valence-corrected chi connectivity index (χ1v) is 42.2. The number of carbonyl (C=O) groups excluding carboxylic acids is 5. The third-order valence-corrected chi connectivity index (χ3v) is 24.8. The number of terminal acetylenes is 4. The number of alkyl halides is 1. The molecule has 4 saturated heterocycles. The lowest BCUT2D eigenvalue weighted by Gasteiger charge is -2.37. The van der Waals surface area contributed by atoms with Crippen LogP contribution in [0.2, 0.25) is 0 Å². The van der Waals surface area contributed by atoms with Crippen molar-refractivity contribution < 1.29 is 38.6 Å². The number of ketones is 1. The zero-order chi connectivity index (χ0) is 84.2. The number of hydrogen-bond acceptors (Lipinski definition) is 27. The maximum Gasteiger partial charge on any atom is 0.234 e. The fourth-order valence-electron chi connectivity index (χ4n) is 15.5. The van der Waals surface area contributed by atoms with Crippen molar-refractivity contribution in [1.29, 1.82) is 0 Å². The summed E-state index contributed by atoms with van der Waals surface area (Å²) in [5.74, 6) is 11.0. The number of aromatic nitrogens is 16. The Morgan fingerprint density at radius 3 is 1.02 bits per heavy atom. The van der Waals surface area contributed by atoms with Crippen molar-refractivity contribution in [3.63, 3.8) is 0 Å². The number of nitrogens with one attached hydrogen (secondary N) is 8. The second kappa shape index (κ2) is 38.1. The van der Waals surface area contributed by atoms with Gasteiger partial charge in [0.15, 0.2) is 30.8 Å². The summed E-state index contributed by atoms with van der Waals surface area (Å²) in [4.78, 5) is 98.9. The predicted molar refractivity (Wildman–Crippen MR) is 461 cm³/mol. The number of aliphatic hydroxyl groups excluding tert-OH is 1. The highest BCUT2D eigenvalue weighted by Gasteiger charge is 2.35. The van der Waals surface area contributed by atoms with E-state index in [0.29, 0.717) is 110 Å².